The van der Waals surface area contributed by atoms with Crippen LogP contribution in [0.1, 0.15) is 42.5 Å². The van der Waals surface area contributed by atoms with E-state index < -0.39 is 12.0 Å². The highest BCUT2D eigenvalue weighted by Crippen LogP contribution is 2.33. The summed E-state index contributed by atoms with van der Waals surface area (Å²) in [4.78, 5) is 23.3. The number of hydrogen-bond acceptors (Lipinski definition) is 3. The summed E-state index contributed by atoms with van der Waals surface area (Å²) in [6, 6.07) is 6.06. The molecule has 22 heavy (non-hydrogen) atoms. The Morgan fingerprint density at radius 1 is 1.14 bits per heavy atom. The van der Waals surface area contributed by atoms with Gasteiger partial charge < -0.3 is 15.2 Å². The SMILES string of the molecule is O=C(NC(CC1CC1)C(=O)O)c1ccc(OCC2CC2)cc1. The molecule has 0 bridgehead atoms. The second kappa shape index (κ2) is 6.38. The van der Waals surface area contributed by atoms with Gasteiger partial charge in [0, 0.05) is 5.56 Å². The van der Waals surface area contributed by atoms with Crippen molar-refractivity contribution in [3.8, 4) is 5.75 Å². The van der Waals surface area contributed by atoms with E-state index >= 15 is 0 Å². The lowest BCUT2D eigenvalue weighted by Crippen LogP contribution is -2.41. The highest BCUT2D eigenvalue weighted by atomic mass is 16.5. The van der Waals surface area contributed by atoms with Crippen molar-refractivity contribution in [2.45, 2.75) is 38.1 Å². The van der Waals surface area contributed by atoms with Gasteiger partial charge in [0.15, 0.2) is 0 Å². The second-order valence-corrected chi connectivity index (χ2v) is 6.32. The van der Waals surface area contributed by atoms with Gasteiger partial charge in [0.25, 0.3) is 5.91 Å². The summed E-state index contributed by atoms with van der Waals surface area (Å²) in [5, 5.41) is 11.8. The molecular formula is C17H21NO4. The maximum Gasteiger partial charge on any atom is 0.326 e. The van der Waals surface area contributed by atoms with Crippen LogP contribution in [0.5, 0.6) is 5.75 Å². The monoisotopic (exact) mass is 303 g/mol. The van der Waals surface area contributed by atoms with Gasteiger partial charge in [-0.2, -0.15) is 0 Å². The number of amides is 1. The fourth-order valence-corrected chi connectivity index (χ4v) is 2.35. The van der Waals surface area contributed by atoms with Crippen LogP contribution in [0.4, 0.5) is 0 Å². The van der Waals surface area contributed by atoms with Gasteiger partial charge in [-0.3, -0.25) is 4.79 Å². The first kappa shape index (κ1) is 14.9. The third-order valence-corrected chi connectivity index (χ3v) is 4.17. The molecule has 2 aliphatic carbocycles. The number of hydrogen-bond donors (Lipinski definition) is 2. The molecule has 1 amide bonds. The molecule has 2 fully saturated rings. The summed E-state index contributed by atoms with van der Waals surface area (Å²) in [6.45, 7) is 0.730. The second-order valence-electron chi connectivity index (χ2n) is 6.32. The fraction of sp³-hybridized carbons (Fsp3) is 0.529. The molecule has 0 radical (unpaired) electrons. The number of benzene rings is 1. The molecule has 5 heteroatoms. The Morgan fingerprint density at radius 3 is 2.32 bits per heavy atom. The van der Waals surface area contributed by atoms with E-state index in [1.807, 2.05) is 0 Å². The molecule has 2 N–H and O–H groups in total. The van der Waals surface area contributed by atoms with Crippen molar-refractivity contribution in [1.82, 2.24) is 5.32 Å². The first-order chi connectivity index (χ1) is 10.6. The number of rotatable bonds is 8. The Kier molecular flexibility index (Phi) is 4.32. The van der Waals surface area contributed by atoms with Crippen molar-refractivity contribution in [2.24, 2.45) is 11.8 Å². The Morgan fingerprint density at radius 2 is 1.77 bits per heavy atom. The van der Waals surface area contributed by atoms with Crippen molar-refractivity contribution < 1.29 is 19.4 Å². The average molecular weight is 303 g/mol. The summed E-state index contributed by atoms with van der Waals surface area (Å²) in [6.07, 6.45) is 5.11. The van der Waals surface area contributed by atoms with Gasteiger partial charge in [-0.1, -0.05) is 12.8 Å². The van der Waals surface area contributed by atoms with Crippen LogP contribution in [0, 0.1) is 11.8 Å². The topological polar surface area (TPSA) is 75.6 Å². The van der Waals surface area contributed by atoms with Gasteiger partial charge in [0.05, 0.1) is 6.61 Å². The molecule has 1 aromatic rings. The predicted molar refractivity (Wildman–Crippen MR) is 80.9 cm³/mol. The number of carbonyl (C=O) groups excluding carboxylic acids is 1. The van der Waals surface area contributed by atoms with E-state index in [-0.39, 0.29) is 5.91 Å². The molecule has 0 aromatic heterocycles. The van der Waals surface area contributed by atoms with Crippen LogP contribution < -0.4 is 10.1 Å². The van der Waals surface area contributed by atoms with Gasteiger partial charge in [-0.05, 0) is 55.4 Å². The quantitative estimate of drug-likeness (QED) is 0.773. The lowest BCUT2D eigenvalue weighted by atomic mass is 10.1. The molecule has 2 aliphatic rings. The Hall–Kier alpha value is -2.04. The van der Waals surface area contributed by atoms with Crippen LogP contribution in [-0.2, 0) is 4.79 Å². The Balaban J connectivity index is 1.54. The summed E-state index contributed by atoms with van der Waals surface area (Å²) < 4.78 is 5.62. The Labute approximate surface area is 129 Å². The van der Waals surface area contributed by atoms with Gasteiger partial charge in [-0.15, -0.1) is 0 Å². The van der Waals surface area contributed by atoms with Crippen LogP contribution in [0.15, 0.2) is 24.3 Å². The lowest BCUT2D eigenvalue weighted by Gasteiger charge is -2.14. The molecule has 1 unspecified atom stereocenters. The third-order valence-electron chi connectivity index (χ3n) is 4.17. The fourth-order valence-electron chi connectivity index (χ4n) is 2.35. The molecule has 0 aliphatic heterocycles. The molecule has 2 saturated carbocycles. The molecule has 0 heterocycles. The minimum Gasteiger partial charge on any atom is -0.493 e. The highest BCUT2D eigenvalue weighted by molar-refractivity contribution is 5.96. The van der Waals surface area contributed by atoms with Crippen LogP contribution in [-0.4, -0.2) is 29.6 Å². The number of carbonyl (C=O) groups is 2. The number of nitrogens with one attached hydrogen (secondary N) is 1. The largest absolute Gasteiger partial charge is 0.493 e. The molecule has 1 atom stereocenters. The highest BCUT2D eigenvalue weighted by Gasteiger charge is 2.30. The minimum absolute atomic E-state index is 0.346. The van der Waals surface area contributed by atoms with E-state index in [1.54, 1.807) is 24.3 Å². The normalized spacial score (nSPS) is 18.5. The van der Waals surface area contributed by atoms with Gasteiger partial charge in [0.2, 0.25) is 0 Å². The number of ether oxygens (including phenoxy) is 1. The van der Waals surface area contributed by atoms with Crippen molar-refractivity contribution in [3.63, 3.8) is 0 Å². The van der Waals surface area contributed by atoms with Crippen LogP contribution >= 0.6 is 0 Å². The van der Waals surface area contributed by atoms with E-state index in [2.05, 4.69) is 5.32 Å². The third kappa shape index (κ3) is 4.23. The zero-order valence-corrected chi connectivity index (χ0v) is 12.5. The van der Waals surface area contributed by atoms with Crippen molar-refractivity contribution in [2.75, 3.05) is 6.61 Å². The number of carboxylic acids is 1. The first-order valence-electron chi connectivity index (χ1n) is 7.88. The van der Waals surface area contributed by atoms with Gasteiger partial charge in [-0.25, -0.2) is 4.79 Å². The summed E-state index contributed by atoms with van der Waals surface area (Å²) in [7, 11) is 0. The van der Waals surface area contributed by atoms with Gasteiger partial charge in [0.1, 0.15) is 11.8 Å². The van der Waals surface area contributed by atoms with E-state index in [0.717, 1.165) is 25.2 Å². The van der Waals surface area contributed by atoms with Crippen LogP contribution in [0.3, 0.4) is 0 Å². The standard InChI is InChI=1S/C17H21NO4/c19-16(18-15(17(20)21)9-11-1-2-11)13-5-7-14(8-6-13)22-10-12-3-4-12/h5-8,11-12,15H,1-4,9-10H2,(H,18,19)(H,20,21). The van der Waals surface area contributed by atoms with Crippen LogP contribution in [0.25, 0.3) is 0 Å². The van der Waals surface area contributed by atoms with Crippen molar-refractivity contribution in [1.29, 1.82) is 0 Å². The summed E-state index contributed by atoms with van der Waals surface area (Å²) in [5.41, 5.74) is 0.459. The van der Waals surface area contributed by atoms with Crippen LogP contribution in [0.2, 0.25) is 0 Å². The number of carboxylic acid groups (broad SMARTS) is 1. The zero-order chi connectivity index (χ0) is 15.5. The molecule has 0 spiro atoms. The molecule has 118 valence electrons. The molecule has 3 rings (SSSR count). The van der Waals surface area contributed by atoms with Crippen molar-refractivity contribution in [3.05, 3.63) is 29.8 Å². The molecular weight excluding hydrogens is 282 g/mol. The lowest BCUT2D eigenvalue weighted by molar-refractivity contribution is -0.139. The minimum atomic E-state index is -0.968. The van der Waals surface area contributed by atoms with E-state index in [4.69, 9.17) is 4.74 Å². The average Bonchev–Trinajstić information content (AvgIpc) is 3.39. The number of aliphatic carboxylic acids is 1. The molecule has 0 saturated heterocycles. The summed E-state index contributed by atoms with van der Waals surface area (Å²) in [5.74, 6) is 0.559. The van der Waals surface area contributed by atoms with Crippen molar-refractivity contribution >= 4 is 11.9 Å². The van der Waals surface area contributed by atoms with E-state index in [1.165, 1.54) is 12.8 Å². The Bertz CT molecular complexity index is 546. The summed E-state index contributed by atoms with van der Waals surface area (Å²) >= 11 is 0. The van der Waals surface area contributed by atoms with Gasteiger partial charge >= 0.3 is 5.97 Å². The van der Waals surface area contributed by atoms with E-state index in [0.29, 0.717) is 23.8 Å². The molecule has 5 nitrogen and oxygen atoms in total. The maximum absolute atomic E-state index is 12.1. The maximum atomic E-state index is 12.1. The predicted octanol–water partition coefficient (Wildman–Crippen LogP) is 2.46. The molecule has 1 aromatic carbocycles. The zero-order valence-electron chi connectivity index (χ0n) is 12.5. The smallest absolute Gasteiger partial charge is 0.326 e. The first-order valence-corrected chi connectivity index (χ1v) is 7.88. The van der Waals surface area contributed by atoms with E-state index in [9.17, 15) is 14.7 Å².